The lowest BCUT2D eigenvalue weighted by Crippen LogP contribution is -2.35. The molecule has 2 N–H and O–H groups in total. The highest BCUT2D eigenvalue weighted by atomic mass is 16.4. The van der Waals surface area contributed by atoms with Crippen molar-refractivity contribution in [2.75, 3.05) is 0 Å². The van der Waals surface area contributed by atoms with Crippen LogP contribution < -0.4 is 5.32 Å². The molecule has 1 unspecified atom stereocenters. The minimum atomic E-state index is -0.883. The standard InChI is InChI=1S/C11H19NO3/c1-4-5-9(7-11(14)15)12-10(13)6-8(2)3/h6,9H,4-5,7H2,1-3H3,(H,12,13)(H,14,15). The number of aliphatic carboxylic acids is 1. The zero-order valence-electron chi connectivity index (χ0n) is 9.54. The molecule has 0 aliphatic rings. The van der Waals surface area contributed by atoms with E-state index in [0.717, 1.165) is 12.0 Å². The third kappa shape index (κ3) is 7.73. The summed E-state index contributed by atoms with van der Waals surface area (Å²) in [7, 11) is 0. The summed E-state index contributed by atoms with van der Waals surface area (Å²) in [6, 6.07) is -0.268. The van der Waals surface area contributed by atoms with Crippen molar-refractivity contribution < 1.29 is 14.7 Å². The van der Waals surface area contributed by atoms with Crippen LogP contribution in [0.2, 0.25) is 0 Å². The Labute approximate surface area is 90.4 Å². The molecule has 0 saturated heterocycles. The molecule has 0 rings (SSSR count). The zero-order valence-corrected chi connectivity index (χ0v) is 9.54. The fourth-order valence-corrected chi connectivity index (χ4v) is 1.29. The summed E-state index contributed by atoms with van der Waals surface area (Å²) >= 11 is 0. The Bertz CT molecular complexity index is 255. The summed E-state index contributed by atoms with van der Waals surface area (Å²) < 4.78 is 0. The van der Waals surface area contributed by atoms with Gasteiger partial charge in [-0.05, 0) is 20.3 Å². The molecule has 0 aliphatic carbocycles. The molecule has 86 valence electrons. The maximum absolute atomic E-state index is 11.3. The van der Waals surface area contributed by atoms with Crippen LogP contribution in [0.3, 0.4) is 0 Å². The van der Waals surface area contributed by atoms with Gasteiger partial charge in [0.15, 0.2) is 0 Å². The molecular weight excluding hydrogens is 194 g/mol. The average Bonchev–Trinajstić information content (AvgIpc) is 2.00. The maximum atomic E-state index is 11.3. The smallest absolute Gasteiger partial charge is 0.305 e. The van der Waals surface area contributed by atoms with Crippen molar-refractivity contribution in [3.8, 4) is 0 Å². The lowest BCUT2D eigenvalue weighted by atomic mass is 10.1. The van der Waals surface area contributed by atoms with E-state index >= 15 is 0 Å². The van der Waals surface area contributed by atoms with Crippen molar-refractivity contribution >= 4 is 11.9 Å². The molecule has 0 spiro atoms. The van der Waals surface area contributed by atoms with Gasteiger partial charge >= 0.3 is 5.97 Å². The molecule has 0 saturated carbocycles. The van der Waals surface area contributed by atoms with Crippen molar-refractivity contribution in [1.29, 1.82) is 0 Å². The lowest BCUT2D eigenvalue weighted by molar-refractivity contribution is -0.137. The molecular formula is C11H19NO3. The molecule has 4 nitrogen and oxygen atoms in total. The fourth-order valence-electron chi connectivity index (χ4n) is 1.29. The Kier molecular flexibility index (Phi) is 6.42. The number of amides is 1. The summed E-state index contributed by atoms with van der Waals surface area (Å²) in [5.74, 6) is -1.10. The van der Waals surface area contributed by atoms with Gasteiger partial charge in [0.25, 0.3) is 0 Å². The van der Waals surface area contributed by atoms with Gasteiger partial charge in [0.1, 0.15) is 0 Å². The van der Waals surface area contributed by atoms with Crippen LogP contribution in [0.5, 0.6) is 0 Å². The number of allylic oxidation sites excluding steroid dienone is 1. The topological polar surface area (TPSA) is 66.4 Å². The number of carbonyl (C=O) groups is 2. The monoisotopic (exact) mass is 213 g/mol. The Balaban J connectivity index is 4.21. The van der Waals surface area contributed by atoms with Gasteiger partial charge in [-0.3, -0.25) is 9.59 Å². The number of nitrogens with one attached hydrogen (secondary N) is 1. The van der Waals surface area contributed by atoms with Crippen molar-refractivity contribution in [2.45, 2.75) is 46.1 Å². The van der Waals surface area contributed by atoms with Gasteiger partial charge in [-0.2, -0.15) is 0 Å². The van der Waals surface area contributed by atoms with E-state index in [-0.39, 0.29) is 18.4 Å². The molecule has 0 aromatic carbocycles. The van der Waals surface area contributed by atoms with E-state index in [1.165, 1.54) is 6.08 Å². The van der Waals surface area contributed by atoms with Crippen LogP contribution in [0.25, 0.3) is 0 Å². The first-order valence-corrected chi connectivity index (χ1v) is 5.13. The highest BCUT2D eigenvalue weighted by Crippen LogP contribution is 2.02. The second kappa shape index (κ2) is 7.04. The maximum Gasteiger partial charge on any atom is 0.305 e. The second-order valence-corrected chi connectivity index (χ2v) is 3.81. The number of carboxylic acids is 1. The molecule has 0 fully saturated rings. The molecule has 1 amide bonds. The third-order valence-corrected chi connectivity index (χ3v) is 1.82. The Morgan fingerprint density at radius 2 is 2.00 bits per heavy atom. The van der Waals surface area contributed by atoms with Crippen LogP contribution in [0.15, 0.2) is 11.6 Å². The molecule has 4 heteroatoms. The Morgan fingerprint density at radius 3 is 2.40 bits per heavy atom. The summed E-state index contributed by atoms with van der Waals surface area (Å²) in [6.07, 6.45) is 3.00. The molecule has 15 heavy (non-hydrogen) atoms. The summed E-state index contributed by atoms with van der Waals surface area (Å²) in [5.41, 5.74) is 0.901. The van der Waals surface area contributed by atoms with Crippen LogP contribution in [-0.4, -0.2) is 23.0 Å². The molecule has 0 aromatic rings. The summed E-state index contributed by atoms with van der Waals surface area (Å²) in [5, 5.41) is 11.3. The van der Waals surface area contributed by atoms with Gasteiger partial charge < -0.3 is 10.4 Å². The minimum absolute atomic E-state index is 0.0177. The molecule has 0 heterocycles. The van der Waals surface area contributed by atoms with E-state index in [2.05, 4.69) is 5.32 Å². The van der Waals surface area contributed by atoms with E-state index < -0.39 is 5.97 Å². The predicted molar refractivity (Wildman–Crippen MR) is 58.5 cm³/mol. The summed E-state index contributed by atoms with van der Waals surface area (Å²) in [6.45, 7) is 5.61. The van der Waals surface area contributed by atoms with Gasteiger partial charge in [-0.1, -0.05) is 18.9 Å². The van der Waals surface area contributed by atoms with Crippen molar-refractivity contribution in [3.05, 3.63) is 11.6 Å². The van der Waals surface area contributed by atoms with E-state index in [0.29, 0.717) is 6.42 Å². The SMILES string of the molecule is CCCC(CC(=O)O)NC(=O)C=C(C)C. The van der Waals surface area contributed by atoms with E-state index in [4.69, 9.17) is 5.11 Å². The largest absolute Gasteiger partial charge is 0.481 e. The van der Waals surface area contributed by atoms with Crippen molar-refractivity contribution in [2.24, 2.45) is 0 Å². The highest BCUT2D eigenvalue weighted by molar-refractivity contribution is 5.88. The van der Waals surface area contributed by atoms with Gasteiger partial charge in [-0.15, -0.1) is 0 Å². The predicted octanol–water partition coefficient (Wildman–Crippen LogP) is 1.71. The first kappa shape index (κ1) is 13.7. The van der Waals surface area contributed by atoms with Gasteiger partial charge in [0, 0.05) is 12.1 Å². The van der Waals surface area contributed by atoms with Crippen molar-refractivity contribution in [3.63, 3.8) is 0 Å². The van der Waals surface area contributed by atoms with Crippen LogP contribution in [0, 0.1) is 0 Å². The number of hydrogen-bond donors (Lipinski definition) is 2. The first-order valence-electron chi connectivity index (χ1n) is 5.13. The Morgan fingerprint density at radius 1 is 1.40 bits per heavy atom. The number of carboxylic acid groups (broad SMARTS) is 1. The minimum Gasteiger partial charge on any atom is -0.481 e. The molecule has 1 atom stereocenters. The second-order valence-electron chi connectivity index (χ2n) is 3.81. The van der Waals surface area contributed by atoms with Gasteiger partial charge in [0.2, 0.25) is 5.91 Å². The van der Waals surface area contributed by atoms with E-state index in [9.17, 15) is 9.59 Å². The summed E-state index contributed by atoms with van der Waals surface area (Å²) in [4.78, 5) is 21.9. The lowest BCUT2D eigenvalue weighted by Gasteiger charge is -2.14. The third-order valence-electron chi connectivity index (χ3n) is 1.82. The van der Waals surface area contributed by atoms with Gasteiger partial charge in [0.05, 0.1) is 6.42 Å². The van der Waals surface area contributed by atoms with Crippen LogP contribution in [0.4, 0.5) is 0 Å². The number of hydrogen-bond acceptors (Lipinski definition) is 2. The highest BCUT2D eigenvalue weighted by Gasteiger charge is 2.13. The number of rotatable bonds is 6. The molecule has 0 aliphatic heterocycles. The normalized spacial score (nSPS) is 11.7. The molecule has 0 bridgehead atoms. The number of carbonyl (C=O) groups excluding carboxylic acids is 1. The fraction of sp³-hybridized carbons (Fsp3) is 0.636. The van der Waals surface area contributed by atoms with Crippen molar-refractivity contribution in [1.82, 2.24) is 5.32 Å². The van der Waals surface area contributed by atoms with Crippen LogP contribution in [-0.2, 0) is 9.59 Å². The van der Waals surface area contributed by atoms with E-state index in [1.54, 1.807) is 0 Å². The zero-order chi connectivity index (χ0) is 11.8. The first-order chi connectivity index (χ1) is 6.95. The molecule has 0 radical (unpaired) electrons. The Hall–Kier alpha value is -1.32. The van der Waals surface area contributed by atoms with Crippen LogP contribution in [0.1, 0.15) is 40.0 Å². The average molecular weight is 213 g/mol. The quantitative estimate of drug-likeness (QED) is 0.660. The van der Waals surface area contributed by atoms with E-state index in [1.807, 2.05) is 20.8 Å². The molecule has 0 aromatic heterocycles. The van der Waals surface area contributed by atoms with Crippen LogP contribution >= 0.6 is 0 Å². The van der Waals surface area contributed by atoms with Gasteiger partial charge in [-0.25, -0.2) is 0 Å².